The monoisotopic (exact) mass is 428 g/mol. The molecule has 3 aromatic carbocycles. The van der Waals surface area contributed by atoms with Crippen molar-refractivity contribution in [3.05, 3.63) is 102 Å². The molecular formula is C29H20N2S. The summed E-state index contributed by atoms with van der Waals surface area (Å²) in [4.78, 5) is 5.91. The Morgan fingerprint density at radius 3 is 2.62 bits per heavy atom. The van der Waals surface area contributed by atoms with E-state index in [0.717, 1.165) is 23.2 Å². The van der Waals surface area contributed by atoms with Crippen LogP contribution in [0.25, 0.3) is 54.1 Å². The van der Waals surface area contributed by atoms with Crippen LogP contribution in [-0.2, 0) is 6.42 Å². The molecule has 0 fully saturated rings. The molecule has 0 spiro atoms. The van der Waals surface area contributed by atoms with Crippen LogP contribution >= 0.6 is 11.3 Å². The fraction of sp³-hybridized carbons (Fsp3) is 0.0690. The molecule has 6 aromatic rings. The molecule has 3 heterocycles. The van der Waals surface area contributed by atoms with Crippen molar-refractivity contribution in [1.82, 2.24) is 9.55 Å². The second-order valence-corrected chi connectivity index (χ2v) is 9.41. The molecule has 32 heavy (non-hydrogen) atoms. The number of para-hydroxylation sites is 1. The Morgan fingerprint density at radius 1 is 0.781 bits per heavy atom. The molecule has 0 saturated carbocycles. The summed E-state index contributed by atoms with van der Waals surface area (Å²) in [6.07, 6.45) is 8.81. The quantitative estimate of drug-likeness (QED) is 0.273. The van der Waals surface area contributed by atoms with E-state index in [4.69, 9.17) is 4.98 Å². The Labute approximate surface area is 190 Å². The average molecular weight is 429 g/mol. The molecule has 0 N–H and O–H groups in total. The van der Waals surface area contributed by atoms with Crippen LogP contribution < -0.4 is 0 Å². The van der Waals surface area contributed by atoms with Crippen molar-refractivity contribution in [1.29, 1.82) is 0 Å². The minimum Gasteiger partial charge on any atom is -0.310 e. The fourth-order valence-corrected chi connectivity index (χ4v) is 6.08. The summed E-state index contributed by atoms with van der Waals surface area (Å²) in [5, 5.41) is 3.89. The predicted molar refractivity (Wildman–Crippen MR) is 137 cm³/mol. The Kier molecular flexibility index (Phi) is 3.87. The van der Waals surface area contributed by atoms with E-state index in [-0.39, 0.29) is 0 Å². The van der Waals surface area contributed by atoms with Crippen molar-refractivity contribution in [2.45, 2.75) is 12.8 Å². The van der Waals surface area contributed by atoms with E-state index in [1.165, 1.54) is 48.9 Å². The Bertz CT molecular complexity index is 1680. The number of hydrogen-bond acceptors (Lipinski definition) is 2. The van der Waals surface area contributed by atoms with Crippen molar-refractivity contribution in [3.63, 3.8) is 0 Å². The highest BCUT2D eigenvalue weighted by Crippen LogP contribution is 2.37. The minimum absolute atomic E-state index is 1.10. The van der Waals surface area contributed by atoms with Crippen LogP contribution in [0.3, 0.4) is 0 Å². The first-order valence-corrected chi connectivity index (χ1v) is 11.9. The zero-order valence-electron chi connectivity index (χ0n) is 17.5. The second-order valence-electron chi connectivity index (χ2n) is 8.38. The van der Waals surface area contributed by atoms with E-state index in [2.05, 4.69) is 95.6 Å². The van der Waals surface area contributed by atoms with Gasteiger partial charge in [0.05, 0.1) is 5.52 Å². The molecule has 7 rings (SSSR count). The molecule has 2 nitrogen and oxygen atoms in total. The summed E-state index contributed by atoms with van der Waals surface area (Å²) in [6, 6.07) is 28.5. The van der Waals surface area contributed by atoms with Crippen molar-refractivity contribution in [3.8, 4) is 16.8 Å². The molecule has 1 aliphatic rings. The van der Waals surface area contributed by atoms with Crippen LogP contribution in [0.15, 0.2) is 91.1 Å². The molecule has 0 saturated heterocycles. The third-order valence-corrected chi connectivity index (χ3v) is 7.62. The van der Waals surface area contributed by atoms with Crippen molar-refractivity contribution >= 4 is 48.6 Å². The first-order chi connectivity index (χ1) is 15.9. The Morgan fingerprint density at radius 2 is 1.66 bits per heavy atom. The summed E-state index contributed by atoms with van der Waals surface area (Å²) >= 11 is 1.76. The van der Waals surface area contributed by atoms with Crippen molar-refractivity contribution in [2.75, 3.05) is 0 Å². The predicted octanol–water partition coefficient (Wildman–Crippen LogP) is 8.02. The van der Waals surface area contributed by atoms with Crippen LogP contribution in [0.4, 0.5) is 0 Å². The first kappa shape index (κ1) is 17.9. The number of hydrogen-bond donors (Lipinski definition) is 0. The third-order valence-electron chi connectivity index (χ3n) is 6.53. The van der Waals surface area contributed by atoms with E-state index in [9.17, 15) is 0 Å². The van der Waals surface area contributed by atoms with Crippen molar-refractivity contribution in [2.24, 2.45) is 0 Å². The summed E-state index contributed by atoms with van der Waals surface area (Å²) in [7, 11) is 0. The number of pyridine rings is 1. The van der Waals surface area contributed by atoms with E-state index in [1.54, 1.807) is 11.3 Å². The summed E-state index contributed by atoms with van der Waals surface area (Å²) < 4.78 is 3.70. The van der Waals surface area contributed by atoms with Gasteiger partial charge in [-0.1, -0.05) is 54.6 Å². The molecule has 0 unspecified atom stereocenters. The molecule has 3 aromatic heterocycles. The SMILES string of the molecule is C1=Cc2c(c3ccccc3n2-c2cccc(-c3cnc4sc5ccccc5c4c3)c2)CC1. The van der Waals surface area contributed by atoms with Crippen LogP contribution in [-0.4, -0.2) is 9.55 Å². The number of rotatable bonds is 2. The number of allylic oxidation sites excluding steroid dienone is 1. The molecule has 0 aliphatic heterocycles. The van der Waals surface area contributed by atoms with E-state index < -0.39 is 0 Å². The number of aromatic nitrogens is 2. The Balaban J connectivity index is 1.43. The average Bonchev–Trinajstić information content (AvgIpc) is 3.39. The lowest BCUT2D eigenvalue weighted by atomic mass is 10.0. The topological polar surface area (TPSA) is 17.8 Å². The zero-order valence-corrected chi connectivity index (χ0v) is 18.3. The molecule has 0 bridgehead atoms. The van der Waals surface area contributed by atoms with Gasteiger partial charge in [-0.2, -0.15) is 0 Å². The van der Waals surface area contributed by atoms with E-state index in [1.807, 2.05) is 6.20 Å². The van der Waals surface area contributed by atoms with Gasteiger partial charge in [-0.25, -0.2) is 4.98 Å². The van der Waals surface area contributed by atoms with Crippen LogP contribution in [0, 0.1) is 0 Å². The number of benzene rings is 3. The Hall–Kier alpha value is -3.69. The van der Waals surface area contributed by atoms with Gasteiger partial charge in [-0.3, -0.25) is 0 Å². The highest BCUT2D eigenvalue weighted by atomic mass is 32.1. The zero-order chi connectivity index (χ0) is 21.1. The van der Waals surface area contributed by atoms with Gasteiger partial charge in [0.15, 0.2) is 0 Å². The standard InChI is InChI=1S/C29H20N2S/c1-4-13-26-22(10-1)23-11-2-5-14-27(23)31(26)21-9-7-8-19(16-21)20-17-25-24-12-3-6-15-28(24)32-29(25)30-18-20/h1,3-10,12-18H,2,11H2. The second kappa shape index (κ2) is 6.91. The maximum atomic E-state index is 4.81. The van der Waals surface area contributed by atoms with E-state index >= 15 is 0 Å². The normalized spacial score (nSPS) is 13.2. The van der Waals surface area contributed by atoms with E-state index in [0.29, 0.717) is 0 Å². The number of nitrogens with zero attached hydrogens (tertiary/aromatic N) is 2. The maximum Gasteiger partial charge on any atom is 0.124 e. The summed E-state index contributed by atoms with van der Waals surface area (Å²) in [6.45, 7) is 0. The first-order valence-electron chi connectivity index (χ1n) is 11.0. The minimum atomic E-state index is 1.10. The van der Waals surface area contributed by atoms with Crippen LogP contribution in [0.1, 0.15) is 17.7 Å². The van der Waals surface area contributed by atoms with Gasteiger partial charge in [0.1, 0.15) is 4.83 Å². The van der Waals surface area contributed by atoms with Gasteiger partial charge in [-0.05, 0) is 60.4 Å². The number of fused-ring (bicyclic) bond motifs is 6. The van der Waals surface area contributed by atoms with Gasteiger partial charge in [-0.15, -0.1) is 11.3 Å². The molecule has 0 amide bonds. The lowest BCUT2D eigenvalue weighted by Gasteiger charge is -2.13. The molecule has 0 atom stereocenters. The van der Waals surface area contributed by atoms with Crippen LogP contribution in [0.2, 0.25) is 0 Å². The largest absolute Gasteiger partial charge is 0.310 e. The highest BCUT2D eigenvalue weighted by Gasteiger charge is 2.18. The van der Waals surface area contributed by atoms with Gasteiger partial charge >= 0.3 is 0 Å². The molecule has 1 aliphatic carbocycles. The molecule has 3 heteroatoms. The summed E-state index contributed by atoms with van der Waals surface area (Å²) in [5.41, 5.74) is 7.59. The smallest absolute Gasteiger partial charge is 0.124 e. The third kappa shape index (κ3) is 2.61. The highest BCUT2D eigenvalue weighted by molar-refractivity contribution is 7.25. The number of thiophene rings is 1. The van der Waals surface area contributed by atoms with Gasteiger partial charge in [0.2, 0.25) is 0 Å². The fourth-order valence-electron chi connectivity index (χ4n) is 5.06. The van der Waals surface area contributed by atoms with Gasteiger partial charge < -0.3 is 4.57 Å². The van der Waals surface area contributed by atoms with Gasteiger partial charge in [0, 0.05) is 44.0 Å². The summed E-state index contributed by atoms with van der Waals surface area (Å²) in [5.74, 6) is 0. The van der Waals surface area contributed by atoms with Crippen LogP contribution in [0.5, 0.6) is 0 Å². The molecular weight excluding hydrogens is 408 g/mol. The molecule has 0 radical (unpaired) electrons. The lowest BCUT2D eigenvalue weighted by molar-refractivity contribution is 0.968. The van der Waals surface area contributed by atoms with Gasteiger partial charge in [0.25, 0.3) is 0 Å². The molecule has 152 valence electrons. The maximum absolute atomic E-state index is 4.81. The van der Waals surface area contributed by atoms with Crippen molar-refractivity contribution < 1.29 is 0 Å². The lowest BCUT2D eigenvalue weighted by Crippen LogP contribution is -2.00. The number of aryl methyl sites for hydroxylation is 1.